The Morgan fingerprint density at radius 3 is 1.48 bits per heavy atom. The van der Waals surface area contributed by atoms with Crippen molar-refractivity contribution < 1.29 is 14.7 Å². The van der Waals surface area contributed by atoms with Crippen molar-refractivity contribution in [2.24, 2.45) is 22.2 Å². The third-order valence-corrected chi connectivity index (χ3v) is 3.36. The minimum Gasteiger partial charge on any atom is -0.394 e. The molecule has 0 radical (unpaired) electrons. The van der Waals surface area contributed by atoms with Crippen LogP contribution in [0.1, 0.15) is 48.0 Å². The van der Waals surface area contributed by atoms with Crippen molar-refractivity contribution in [3.63, 3.8) is 0 Å². The van der Waals surface area contributed by atoms with E-state index in [0.29, 0.717) is 0 Å². The van der Waals surface area contributed by atoms with Crippen molar-refractivity contribution in [1.82, 2.24) is 0 Å². The van der Waals surface area contributed by atoms with Gasteiger partial charge in [-0.3, -0.25) is 9.59 Å². The van der Waals surface area contributed by atoms with E-state index in [0.717, 1.165) is 0 Å². The van der Waals surface area contributed by atoms with Gasteiger partial charge in [-0.1, -0.05) is 41.5 Å². The van der Waals surface area contributed by atoms with Gasteiger partial charge in [0.25, 0.3) is 0 Å². The highest BCUT2D eigenvalue weighted by Crippen LogP contribution is 2.35. The van der Waals surface area contributed by atoms with E-state index in [9.17, 15) is 14.7 Å². The van der Waals surface area contributed by atoms with E-state index in [1.54, 1.807) is 53.7 Å². The quantitative estimate of drug-likeness (QED) is 0.783. The molecular formula is C16H24N2O3. The van der Waals surface area contributed by atoms with E-state index in [1.165, 1.54) is 0 Å². The number of aliphatic hydroxyl groups excluding tert-OH is 1. The Kier molecular flexibility index (Phi) is 5.85. The number of carbonyl (C=O) groups is 2. The Morgan fingerprint density at radius 1 is 0.952 bits per heavy atom. The second-order valence-corrected chi connectivity index (χ2v) is 7.45. The minimum atomic E-state index is -1.73. The molecule has 0 fully saturated rings. The fourth-order valence-corrected chi connectivity index (χ4v) is 1.95. The lowest BCUT2D eigenvalue weighted by molar-refractivity contribution is -0.142. The molecule has 21 heavy (non-hydrogen) atoms. The topological polar surface area (TPSA) is 102 Å². The summed E-state index contributed by atoms with van der Waals surface area (Å²) in [6.07, 6.45) is -0.275. The molecule has 116 valence electrons. The SMILES string of the molecule is CC(C)(C)C(=O)C(CC(C#N)(C#N)CO)C(=O)C(C)(C)C. The van der Waals surface area contributed by atoms with Crippen molar-refractivity contribution in [1.29, 1.82) is 10.5 Å². The Labute approximate surface area is 126 Å². The fourth-order valence-electron chi connectivity index (χ4n) is 1.95. The number of aliphatic hydroxyl groups is 1. The highest BCUT2D eigenvalue weighted by molar-refractivity contribution is 6.06. The molecule has 0 heterocycles. The normalized spacial score (nSPS) is 12.7. The van der Waals surface area contributed by atoms with E-state index in [1.807, 2.05) is 0 Å². The Morgan fingerprint density at radius 2 is 1.29 bits per heavy atom. The number of hydrogen-bond acceptors (Lipinski definition) is 5. The van der Waals surface area contributed by atoms with Crippen LogP contribution in [-0.2, 0) is 9.59 Å². The van der Waals surface area contributed by atoms with Crippen molar-refractivity contribution in [3.05, 3.63) is 0 Å². The molecule has 0 saturated heterocycles. The van der Waals surface area contributed by atoms with Crippen molar-refractivity contribution in [3.8, 4) is 12.1 Å². The predicted molar refractivity (Wildman–Crippen MR) is 77.8 cm³/mol. The maximum atomic E-state index is 12.6. The molecule has 0 aromatic carbocycles. The molecule has 0 aliphatic rings. The van der Waals surface area contributed by atoms with Gasteiger partial charge in [0.2, 0.25) is 0 Å². The maximum Gasteiger partial charge on any atom is 0.167 e. The average molecular weight is 292 g/mol. The third-order valence-electron chi connectivity index (χ3n) is 3.36. The van der Waals surface area contributed by atoms with Crippen LogP contribution in [0.3, 0.4) is 0 Å². The maximum absolute atomic E-state index is 12.6. The minimum absolute atomic E-state index is 0.275. The van der Waals surface area contributed by atoms with E-state index in [4.69, 9.17) is 10.5 Å². The Balaban J connectivity index is 5.79. The molecule has 0 bridgehead atoms. The van der Waals surface area contributed by atoms with Crippen LogP contribution >= 0.6 is 0 Å². The number of carbonyl (C=O) groups excluding carboxylic acids is 2. The monoisotopic (exact) mass is 292 g/mol. The summed E-state index contributed by atoms with van der Waals surface area (Å²) in [5.41, 5.74) is -3.26. The van der Waals surface area contributed by atoms with Crippen LogP contribution in [0.5, 0.6) is 0 Å². The predicted octanol–water partition coefficient (Wildman–Crippen LogP) is 2.25. The fraction of sp³-hybridized carbons (Fsp3) is 0.750. The molecule has 0 aromatic heterocycles. The van der Waals surface area contributed by atoms with Gasteiger partial charge in [0, 0.05) is 10.8 Å². The van der Waals surface area contributed by atoms with Crippen LogP contribution in [0, 0.1) is 44.8 Å². The first kappa shape index (κ1) is 19.3. The molecule has 0 aromatic rings. The first-order valence-electron chi connectivity index (χ1n) is 6.86. The molecular weight excluding hydrogens is 268 g/mol. The van der Waals surface area contributed by atoms with Crippen molar-refractivity contribution >= 4 is 11.6 Å². The summed E-state index contributed by atoms with van der Waals surface area (Å²) in [5, 5.41) is 27.6. The van der Waals surface area contributed by atoms with Gasteiger partial charge in [0.15, 0.2) is 5.41 Å². The van der Waals surface area contributed by atoms with Crippen LogP contribution in [0.2, 0.25) is 0 Å². The second kappa shape index (κ2) is 6.37. The lowest BCUT2D eigenvalue weighted by Gasteiger charge is -2.31. The number of hydrogen-bond donors (Lipinski definition) is 1. The molecule has 0 rings (SSSR count). The molecule has 0 amide bonds. The van der Waals surface area contributed by atoms with Crippen LogP contribution < -0.4 is 0 Å². The summed E-state index contributed by atoms with van der Waals surface area (Å²) in [4.78, 5) is 25.1. The van der Waals surface area contributed by atoms with Gasteiger partial charge in [-0.2, -0.15) is 10.5 Å². The lowest BCUT2D eigenvalue weighted by atomic mass is 9.69. The second-order valence-electron chi connectivity index (χ2n) is 7.45. The zero-order chi connectivity index (χ0) is 17.1. The highest BCUT2D eigenvalue weighted by atomic mass is 16.3. The Hall–Kier alpha value is -1.72. The molecule has 5 nitrogen and oxygen atoms in total. The van der Waals surface area contributed by atoms with Gasteiger partial charge >= 0.3 is 0 Å². The summed E-state index contributed by atoms with van der Waals surface area (Å²) >= 11 is 0. The summed E-state index contributed by atoms with van der Waals surface area (Å²) in [6.45, 7) is 9.45. The number of Topliss-reactive ketones (excluding diaryl/α,β-unsaturated/α-hetero) is 2. The van der Waals surface area contributed by atoms with Gasteiger partial charge in [0.05, 0.1) is 24.7 Å². The number of rotatable bonds is 5. The summed E-state index contributed by atoms with van der Waals surface area (Å²) in [6, 6.07) is 3.48. The van der Waals surface area contributed by atoms with E-state index in [2.05, 4.69) is 0 Å². The highest BCUT2D eigenvalue weighted by Gasteiger charge is 2.44. The van der Waals surface area contributed by atoms with Gasteiger partial charge in [0.1, 0.15) is 11.6 Å². The number of nitrogens with zero attached hydrogens (tertiary/aromatic N) is 2. The number of nitriles is 2. The molecule has 0 aliphatic carbocycles. The van der Waals surface area contributed by atoms with Crippen LogP contribution in [0.4, 0.5) is 0 Å². The Bertz CT molecular complexity index is 456. The molecule has 1 N–H and O–H groups in total. The summed E-state index contributed by atoms with van der Waals surface area (Å²) in [7, 11) is 0. The first-order valence-corrected chi connectivity index (χ1v) is 6.86. The van der Waals surface area contributed by atoms with Gasteiger partial charge in [-0.15, -0.1) is 0 Å². The van der Waals surface area contributed by atoms with E-state index < -0.39 is 28.8 Å². The first-order chi connectivity index (χ1) is 9.34. The van der Waals surface area contributed by atoms with Crippen molar-refractivity contribution in [2.75, 3.05) is 6.61 Å². The van der Waals surface area contributed by atoms with Crippen LogP contribution in [-0.4, -0.2) is 23.3 Å². The van der Waals surface area contributed by atoms with Gasteiger partial charge in [-0.25, -0.2) is 0 Å². The molecule has 0 unspecified atom stereocenters. The zero-order valence-corrected chi connectivity index (χ0v) is 13.6. The number of ketones is 2. The lowest BCUT2D eigenvalue weighted by Crippen LogP contribution is -2.42. The van der Waals surface area contributed by atoms with Crippen molar-refractivity contribution in [2.45, 2.75) is 48.0 Å². The van der Waals surface area contributed by atoms with Gasteiger partial charge in [-0.05, 0) is 6.42 Å². The molecule has 0 atom stereocenters. The molecule has 0 spiro atoms. The molecule has 0 aliphatic heterocycles. The molecule has 0 saturated carbocycles. The van der Waals surface area contributed by atoms with Crippen LogP contribution in [0.25, 0.3) is 0 Å². The van der Waals surface area contributed by atoms with Crippen LogP contribution in [0.15, 0.2) is 0 Å². The van der Waals surface area contributed by atoms with E-state index >= 15 is 0 Å². The third kappa shape index (κ3) is 4.65. The standard InChI is InChI=1S/C16H24N2O3/c1-14(2,3)12(20)11(13(21)15(4,5)6)7-16(8-17,9-18)10-19/h11,19H,7,10H2,1-6H3. The average Bonchev–Trinajstić information content (AvgIpc) is 2.37. The zero-order valence-electron chi connectivity index (χ0n) is 13.6. The smallest absolute Gasteiger partial charge is 0.167 e. The van der Waals surface area contributed by atoms with Gasteiger partial charge < -0.3 is 5.11 Å². The molecule has 5 heteroatoms. The van der Waals surface area contributed by atoms with E-state index in [-0.39, 0.29) is 18.0 Å². The summed E-state index contributed by atoms with van der Waals surface area (Å²) < 4.78 is 0. The largest absolute Gasteiger partial charge is 0.394 e. The summed E-state index contributed by atoms with van der Waals surface area (Å²) in [5.74, 6) is -1.70.